The second-order valence-corrected chi connectivity index (χ2v) is 4.47. The Balaban J connectivity index is 2.24. The highest BCUT2D eigenvalue weighted by atomic mass is 16.2. The van der Waals surface area contributed by atoms with Gasteiger partial charge in [0.1, 0.15) is 5.82 Å². The van der Waals surface area contributed by atoms with Gasteiger partial charge in [0, 0.05) is 12.5 Å². The van der Waals surface area contributed by atoms with Crippen LogP contribution in [0.15, 0.2) is 24.3 Å². The summed E-state index contributed by atoms with van der Waals surface area (Å²) in [4.78, 5) is 15.7. The number of imidazole rings is 1. The first-order valence-corrected chi connectivity index (χ1v) is 6.06. The molecule has 2 rings (SSSR count). The van der Waals surface area contributed by atoms with E-state index in [0.717, 1.165) is 23.3 Å². The summed E-state index contributed by atoms with van der Waals surface area (Å²) >= 11 is 0. The Morgan fingerprint density at radius 3 is 2.94 bits per heavy atom. The molecule has 1 aromatic carbocycles. The Hall–Kier alpha value is -1.88. The Bertz CT molecular complexity index is 561. The van der Waals surface area contributed by atoms with E-state index in [1.54, 1.807) is 0 Å². The van der Waals surface area contributed by atoms with Crippen molar-refractivity contribution in [1.82, 2.24) is 15.0 Å². The number of carbonyl (C=O) groups is 1. The van der Waals surface area contributed by atoms with Crippen LogP contribution in [0.1, 0.15) is 31.6 Å². The number of aryl methyl sites for hydroxylation is 1. The lowest BCUT2D eigenvalue weighted by Crippen LogP contribution is -2.30. The van der Waals surface area contributed by atoms with Crippen molar-refractivity contribution >= 4 is 16.9 Å². The number of hydrogen-bond donors (Lipinski definition) is 2. The lowest BCUT2D eigenvalue weighted by Gasteiger charge is -2.15. The zero-order valence-corrected chi connectivity index (χ0v) is 10.7. The van der Waals surface area contributed by atoms with Gasteiger partial charge in [-0.1, -0.05) is 12.1 Å². The lowest BCUT2D eigenvalue weighted by molar-refractivity contribution is -0.121. The number of carbonyl (C=O) groups excluding carboxylic acids is 1. The molecule has 0 saturated heterocycles. The summed E-state index contributed by atoms with van der Waals surface area (Å²) < 4.78 is 2.17. The van der Waals surface area contributed by atoms with E-state index in [4.69, 9.17) is 5.84 Å². The van der Waals surface area contributed by atoms with Crippen LogP contribution >= 0.6 is 0 Å². The number of hydrogen-bond acceptors (Lipinski definition) is 3. The summed E-state index contributed by atoms with van der Waals surface area (Å²) in [6, 6.07) is 8.24. The predicted molar refractivity (Wildman–Crippen MR) is 70.7 cm³/mol. The highest BCUT2D eigenvalue weighted by Gasteiger charge is 2.13. The third-order valence-corrected chi connectivity index (χ3v) is 3.16. The van der Waals surface area contributed by atoms with Gasteiger partial charge < -0.3 is 4.57 Å². The Morgan fingerprint density at radius 1 is 1.50 bits per heavy atom. The van der Waals surface area contributed by atoms with Gasteiger partial charge in [-0.05, 0) is 32.4 Å². The molecule has 1 aromatic heterocycles. The first-order valence-electron chi connectivity index (χ1n) is 6.06. The van der Waals surface area contributed by atoms with Crippen molar-refractivity contribution in [2.24, 2.45) is 5.84 Å². The van der Waals surface area contributed by atoms with Crippen LogP contribution in [0.25, 0.3) is 11.0 Å². The quantitative estimate of drug-likeness (QED) is 0.489. The number of nitrogens with one attached hydrogen (secondary N) is 1. The van der Waals surface area contributed by atoms with Crippen LogP contribution in [0.5, 0.6) is 0 Å². The Morgan fingerprint density at radius 2 is 2.22 bits per heavy atom. The summed E-state index contributed by atoms with van der Waals surface area (Å²) in [6.45, 7) is 4.07. The Labute approximate surface area is 106 Å². The van der Waals surface area contributed by atoms with E-state index in [9.17, 15) is 4.79 Å². The molecule has 0 spiro atoms. The zero-order chi connectivity index (χ0) is 13.1. The van der Waals surface area contributed by atoms with Crippen LogP contribution in [-0.4, -0.2) is 15.5 Å². The molecule has 0 aliphatic heterocycles. The number of amides is 1. The number of nitrogens with two attached hydrogens (primary N) is 1. The van der Waals surface area contributed by atoms with Gasteiger partial charge in [0.2, 0.25) is 5.91 Å². The fraction of sp³-hybridized carbons (Fsp3) is 0.385. The summed E-state index contributed by atoms with van der Waals surface area (Å²) in [7, 11) is 0. The minimum Gasteiger partial charge on any atom is -0.325 e. The van der Waals surface area contributed by atoms with Gasteiger partial charge in [-0.3, -0.25) is 10.2 Å². The van der Waals surface area contributed by atoms with Crippen molar-refractivity contribution in [2.45, 2.75) is 32.7 Å². The topological polar surface area (TPSA) is 72.9 Å². The molecule has 1 amide bonds. The molecular weight excluding hydrogens is 228 g/mol. The van der Waals surface area contributed by atoms with E-state index >= 15 is 0 Å². The molecule has 0 aliphatic rings. The third kappa shape index (κ3) is 2.36. The smallest absolute Gasteiger partial charge is 0.233 e. The molecule has 5 nitrogen and oxygen atoms in total. The highest BCUT2D eigenvalue weighted by molar-refractivity contribution is 5.76. The standard InChI is InChI=1S/C13H18N4O/c1-9(7-8-13(18)16-14)17-10(2)15-11-5-3-4-6-12(11)17/h3-6,9H,7-8,14H2,1-2H3,(H,16,18). The van der Waals surface area contributed by atoms with Gasteiger partial charge in [-0.25, -0.2) is 10.8 Å². The maximum atomic E-state index is 11.2. The van der Waals surface area contributed by atoms with Crippen molar-refractivity contribution in [3.63, 3.8) is 0 Å². The molecule has 5 heteroatoms. The van der Waals surface area contributed by atoms with Gasteiger partial charge in [-0.15, -0.1) is 0 Å². The van der Waals surface area contributed by atoms with Gasteiger partial charge in [-0.2, -0.15) is 0 Å². The molecule has 1 unspecified atom stereocenters. The van der Waals surface area contributed by atoms with Crippen molar-refractivity contribution < 1.29 is 4.79 Å². The van der Waals surface area contributed by atoms with E-state index < -0.39 is 0 Å². The van der Waals surface area contributed by atoms with E-state index in [1.165, 1.54) is 0 Å². The predicted octanol–water partition coefficient (Wildman–Crippen LogP) is 1.68. The summed E-state index contributed by atoms with van der Waals surface area (Å²) in [6.07, 6.45) is 1.16. The number of nitrogens with zero attached hydrogens (tertiary/aromatic N) is 2. The van der Waals surface area contributed by atoms with Gasteiger partial charge in [0.05, 0.1) is 11.0 Å². The minimum absolute atomic E-state index is 0.135. The molecule has 18 heavy (non-hydrogen) atoms. The minimum atomic E-state index is -0.135. The molecule has 1 atom stereocenters. The molecule has 0 aliphatic carbocycles. The van der Waals surface area contributed by atoms with Crippen LogP contribution in [0.2, 0.25) is 0 Å². The summed E-state index contributed by atoms with van der Waals surface area (Å²) in [5.74, 6) is 5.91. The van der Waals surface area contributed by atoms with Crippen LogP contribution in [-0.2, 0) is 4.79 Å². The van der Waals surface area contributed by atoms with E-state index in [0.29, 0.717) is 6.42 Å². The Kier molecular flexibility index (Phi) is 3.62. The molecule has 0 saturated carbocycles. The van der Waals surface area contributed by atoms with E-state index in [2.05, 4.69) is 28.0 Å². The number of hydrazine groups is 1. The van der Waals surface area contributed by atoms with Gasteiger partial charge in [0.15, 0.2) is 0 Å². The molecule has 2 aromatic rings. The van der Waals surface area contributed by atoms with Gasteiger partial charge in [0.25, 0.3) is 0 Å². The van der Waals surface area contributed by atoms with Crippen LogP contribution in [0.4, 0.5) is 0 Å². The number of para-hydroxylation sites is 2. The lowest BCUT2D eigenvalue weighted by atomic mass is 10.1. The highest BCUT2D eigenvalue weighted by Crippen LogP contribution is 2.23. The maximum absolute atomic E-state index is 11.2. The number of benzene rings is 1. The van der Waals surface area contributed by atoms with Crippen LogP contribution < -0.4 is 11.3 Å². The zero-order valence-electron chi connectivity index (χ0n) is 10.7. The normalized spacial score (nSPS) is 12.6. The molecule has 0 fully saturated rings. The molecule has 0 radical (unpaired) electrons. The average molecular weight is 246 g/mol. The summed E-state index contributed by atoms with van der Waals surface area (Å²) in [5, 5.41) is 0. The molecular formula is C13H18N4O. The number of fused-ring (bicyclic) bond motifs is 1. The molecule has 3 N–H and O–H groups in total. The maximum Gasteiger partial charge on any atom is 0.233 e. The first-order chi connectivity index (χ1) is 8.63. The van der Waals surface area contributed by atoms with Crippen LogP contribution in [0, 0.1) is 6.92 Å². The second kappa shape index (κ2) is 5.18. The summed E-state index contributed by atoms with van der Waals surface area (Å²) in [5.41, 5.74) is 4.25. The van der Waals surface area contributed by atoms with Crippen molar-refractivity contribution in [3.05, 3.63) is 30.1 Å². The second-order valence-electron chi connectivity index (χ2n) is 4.47. The molecule has 0 bridgehead atoms. The van der Waals surface area contributed by atoms with Crippen molar-refractivity contribution in [3.8, 4) is 0 Å². The van der Waals surface area contributed by atoms with Crippen molar-refractivity contribution in [1.29, 1.82) is 0 Å². The largest absolute Gasteiger partial charge is 0.325 e. The average Bonchev–Trinajstić information content (AvgIpc) is 2.71. The fourth-order valence-corrected chi connectivity index (χ4v) is 2.26. The third-order valence-electron chi connectivity index (χ3n) is 3.16. The molecule has 96 valence electrons. The van der Waals surface area contributed by atoms with Gasteiger partial charge >= 0.3 is 0 Å². The van der Waals surface area contributed by atoms with Crippen LogP contribution in [0.3, 0.4) is 0 Å². The monoisotopic (exact) mass is 246 g/mol. The fourth-order valence-electron chi connectivity index (χ4n) is 2.26. The SMILES string of the molecule is Cc1nc2ccccc2n1C(C)CCC(=O)NN. The number of rotatable bonds is 4. The van der Waals surface area contributed by atoms with Crippen molar-refractivity contribution in [2.75, 3.05) is 0 Å². The van der Waals surface area contributed by atoms with E-state index in [-0.39, 0.29) is 11.9 Å². The number of aromatic nitrogens is 2. The first kappa shape index (κ1) is 12.6. The molecule has 1 heterocycles. The van der Waals surface area contributed by atoms with E-state index in [1.807, 2.05) is 25.1 Å².